The van der Waals surface area contributed by atoms with Crippen molar-refractivity contribution in [2.75, 3.05) is 0 Å². The normalized spacial score (nSPS) is 11.4. The Balaban J connectivity index is 2.11. The fourth-order valence-corrected chi connectivity index (χ4v) is 2.21. The standard InChI is InChI=1S/C17H16ClN3O4/c1-10(22)25-13-4-2-3-12(8-13)17(24)21-14(16(19)23)7-11-5-6-15(18)20-9-11/h2-6,8-9,14H,7H2,1H3,(H2,19,23)(H,21,24)/t14-/m1/s1. The zero-order chi connectivity index (χ0) is 18.4. The number of carbonyl (C=O) groups excluding carboxylic acids is 3. The zero-order valence-electron chi connectivity index (χ0n) is 13.4. The van der Waals surface area contributed by atoms with Gasteiger partial charge in [-0.15, -0.1) is 0 Å². The number of ether oxygens (including phenoxy) is 1. The lowest BCUT2D eigenvalue weighted by atomic mass is 10.1. The van der Waals surface area contributed by atoms with E-state index in [2.05, 4.69) is 10.3 Å². The summed E-state index contributed by atoms with van der Waals surface area (Å²) in [5.74, 6) is -1.46. The Morgan fingerprint density at radius 2 is 2.04 bits per heavy atom. The average molecular weight is 362 g/mol. The number of esters is 1. The number of nitrogens with zero attached hydrogens (tertiary/aromatic N) is 1. The molecule has 0 spiro atoms. The fourth-order valence-electron chi connectivity index (χ4n) is 2.09. The number of carbonyl (C=O) groups is 3. The Kier molecular flexibility index (Phi) is 6.08. The molecule has 1 atom stereocenters. The number of pyridine rings is 1. The molecule has 0 saturated carbocycles. The summed E-state index contributed by atoms with van der Waals surface area (Å²) in [6.45, 7) is 1.26. The van der Waals surface area contributed by atoms with Crippen LogP contribution in [-0.2, 0) is 16.0 Å². The van der Waals surface area contributed by atoms with Crippen molar-refractivity contribution >= 4 is 29.4 Å². The van der Waals surface area contributed by atoms with E-state index in [9.17, 15) is 14.4 Å². The SMILES string of the molecule is CC(=O)Oc1cccc(C(=O)N[C@H](Cc2ccc(Cl)nc2)C(N)=O)c1. The number of hydrogen-bond donors (Lipinski definition) is 2. The molecule has 25 heavy (non-hydrogen) atoms. The Morgan fingerprint density at radius 1 is 1.28 bits per heavy atom. The van der Waals surface area contributed by atoms with Gasteiger partial charge in [0.05, 0.1) is 0 Å². The summed E-state index contributed by atoms with van der Waals surface area (Å²) in [6, 6.07) is 8.40. The van der Waals surface area contributed by atoms with E-state index in [4.69, 9.17) is 22.1 Å². The number of rotatable bonds is 6. The van der Waals surface area contributed by atoms with Crippen molar-refractivity contribution in [1.29, 1.82) is 0 Å². The van der Waals surface area contributed by atoms with E-state index in [0.29, 0.717) is 10.7 Å². The first-order valence-electron chi connectivity index (χ1n) is 7.34. The molecule has 8 heteroatoms. The molecule has 3 N–H and O–H groups in total. The van der Waals surface area contributed by atoms with Gasteiger partial charge in [0, 0.05) is 25.1 Å². The van der Waals surface area contributed by atoms with Crippen molar-refractivity contribution in [3.63, 3.8) is 0 Å². The molecule has 0 aliphatic heterocycles. The molecule has 1 aromatic heterocycles. The maximum absolute atomic E-state index is 12.3. The Morgan fingerprint density at radius 3 is 2.64 bits per heavy atom. The van der Waals surface area contributed by atoms with Crippen molar-refractivity contribution in [1.82, 2.24) is 10.3 Å². The lowest BCUT2D eigenvalue weighted by Gasteiger charge is -2.16. The van der Waals surface area contributed by atoms with Crippen LogP contribution in [0.3, 0.4) is 0 Å². The highest BCUT2D eigenvalue weighted by atomic mass is 35.5. The van der Waals surface area contributed by atoms with Gasteiger partial charge in [-0.05, 0) is 29.8 Å². The topological polar surface area (TPSA) is 111 Å². The summed E-state index contributed by atoms with van der Waals surface area (Å²) in [4.78, 5) is 38.9. The second-order valence-corrected chi connectivity index (χ2v) is 5.63. The molecule has 0 aliphatic carbocycles. The molecule has 2 aromatic rings. The summed E-state index contributed by atoms with van der Waals surface area (Å²) in [5.41, 5.74) is 6.30. The molecular weight excluding hydrogens is 346 g/mol. The van der Waals surface area contributed by atoms with E-state index in [-0.39, 0.29) is 17.7 Å². The lowest BCUT2D eigenvalue weighted by molar-refractivity contribution is -0.131. The summed E-state index contributed by atoms with van der Waals surface area (Å²) >= 11 is 5.72. The van der Waals surface area contributed by atoms with Gasteiger partial charge >= 0.3 is 5.97 Å². The van der Waals surface area contributed by atoms with Crippen LogP contribution in [0, 0.1) is 0 Å². The first kappa shape index (κ1) is 18.4. The summed E-state index contributed by atoms with van der Waals surface area (Å²) in [6.07, 6.45) is 1.68. The maximum atomic E-state index is 12.3. The van der Waals surface area contributed by atoms with Gasteiger partial charge in [-0.1, -0.05) is 23.7 Å². The van der Waals surface area contributed by atoms with Gasteiger partial charge in [-0.25, -0.2) is 4.98 Å². The van der Waals surface area contributed by atoms with Crippen LogP contribution in [-0.4, -0.2) is 28.8 Å². The quantitative estimate of drug-likeness (QED) is 0.460. The van der Waals surface area contributed by atoms with Gasteiger partial charge in [0.1, 0.15) is 16.9 Å². The molecule has 2 rings (SSSR count). The van der Waals surface area contributed by atoms with E-state index in [0.717, 1.165) is 0 Å². The van der Waals surface area contributed by atoms with E-state index < -0.39 is 23.8 Å². The Labute approximate surface area is 149 Å². The summed E-state index contributed by atoms with van der Waals surface area (Å²) in [5, 5.41) is 2.89. The number of benzene rings is 1. The third kappa shape index (κ3) is 5.58. The average Bonchev–Trinajstić information content (AvgIpc) is 2.55. The van der Waals surface area contributed by atoms with E-state index in [1.165, 1.54) is 25.3 Å². The number of nitrogens with two attached hydrogens (primary N) is 1. The van der Waals surface area contributed by atoms with Crippen LogP contribution in [0.2, 0.25) is 5.15 Å². The molecule has 130 valence electrons. The molecule has 0 bridgehead atoms. The molecule has 2 amide bonds. The first-order chi connectivity index (χ1) is 11.8. The Hall–Kier alpha value is -2.93. The molecular formula is C17H16ClN3O4. The van der Waals surface area contributed by atoms with Crippen molar-refractivity contribution in [2.24, 2.45) is 5.73 Å². The fraction of sp³-hybridized carbons (Fsp3) is 0.176. The highest BCUT2D eigenvalue weighted by molar-refractivity contribution is 6.29. The minimum absolute atomic E-state index is 0.175. The van der Waals surface area contributed by atoms with Crippen LogP contribution in [0.5, 0.6) is 5.75 Å². The van der Waals surface area contributed by atoms with Crippen LogP contribution in [0.4, 0.5) is 0 Å². The molecule has 7 nitrogen and oxygen atoms in total. The van der Waals surface area contributed by atoms with E-state index in [1.54, 1.807) is 24.3 Å². The Bertz CT molecular complexity index is 793. The van der Waals surface area contributed by atoms with Crippen LogP contribution in [0.15, 0.2) is 42.6 Å². The molecule has 0 unspecified atom stereocenters. The monoisotopic (exact) mass is 361 g/mol. The predicted octanol–water partition coefficient (Wildman–Crippen LogP) is 1.49. The molecule has 1 heterocycles. The second kappa shape index (κ2) is 8.25. The number of aromatic nitrogens is 1. The van der Waals surface area contributed by atoms with Crippen LogP contribution in [0.1, 0.15) is 22.8 Å². The number of primary amides is 1. The second-order valence-electron chi connectivity index (χ2n) is 5.24. The molecule has 0 saturated heterocycles. The van der Waals surface area contributed by atoms with Crippen LogP contribution < -0.4 is 15.8 Å². The summed E-state index contributed by atoms with van der Waals surface area (Å²) < 4.78 is 4.93. The van der Waals surface area contributed by atoms with Gasteiger partial charge in [-0.3, -0.25) is 14.4 Å². The third-order valence-electron chi connectivity index (χ3n) is 3.24. The van der Waals surface area contributed by atoms with Crippen molar-refractivity contribution in [3.05, 3.63) is 58.9 Å². The number of nitrogens with one attached hydrogen (secondary N) is 1. The van der Waals surface area contributed by atoms with E-state index in [1.807, 2.05) is 0 Å². The van der Waals surface area contributed by atoms with Crippen molar-refractivity contribution < 1.29 is 19.1 Å². The molecule has 0 aliphatic rings. The maximum Gasteiger partial charge on any atom is 0.308 e. The van der Waals surface area contributed by atoms with Crippen molar-refractivity contribution in [3.8, 4) is 5.75 Å². The first-order valence-corrected chi connectivity index (χ1v) is 7.72. The third-order valence-corrected chi connectivity index (χ3v) is 3.46. The van der Waals surface area contributed by atoms with Crippen LogP contribution in [0.25, 0.3) is 0 Å². The minimum atomic E-state index is -0.923. The van der Waals surface area contributed by atoms with Gasteiger partial charge in [0.2, 0.25) is 5.91 Å². The van der Waals surface area contributed by atoms with Crippen LogP contribution >= 0.6 is 11.6 Å². The highest BCUT2D eigenvalue weighted by Gasteiger charge is 2.20. The van der Waals surface area contributed by atoms with Gasteiger partial charge in [-0.2, -0.15) is 0 Å². The number of hydrogen-bond acceptors (Lipinski definition) is 5. The highest BCUT2D eigenvalue weighted by Crippen LogP contribution is 2.14. The zero-order valence-corrected chi connectivity index (χ0v) is 14.1. The molecule has 1 aromatic carbocycles. The minimum Gasteiger partial charge on any atom is -0.427 e. The van der Waals surface area contributed by atoms with E-state index >= 15 is 0 Å². The number of halogens is 1. The predicted molar refractivity (Wildman–Crippen MR) is 91.2 cm³/mol. The van der Waals surface area contributed by atoms with Gasteiger partial charge in [0.25, 0.3) is 5.91 Å². The smallest absolute Gasteiger partial charge is 0.308 e. The largest absolute Gasteiger partial charge is 0.427 e. The molecule has 0 fully saturated rings. The number of amides is 2. The van der Waals surface area contributed by atoms with Gasteiger partial charge in [0.15, 0.2) is 0 Å². The molecule has 0 radical (unpaired) electrons. The van der Waals surface area contributed by atoms with Gasteiger partial charge < -0.3 is 15.8 Å². The lowest BCUT2D eigenvalue weighted by Crippen LogP contribution is -2.45. The van der Waals surface area contributed by atoms with Crippen molar-refractivity contribution in [2.45, 2.75) is 19.4 Å². The summed E-state index contributed by atoms with van der Waals surface area (Å²) in [7, 11) is 0.